The van der Waals surface area contributed by atoms with E-state index in [0.717, 1.165) is 31.3 Å². The van der Waals surface area contributed by atoms with Crippen molar-refractivity contribution in [3.63, 3.8) is 0 Å². The summed E-state index contributed by atoms with van der Waals surface area (Å²) in [6.07, 6.45) is 0.361. The van der Waals surface area contributed by atoms with E-state index in [0.29, 0.717) is 30.5 Å². The quantitative estimate of drug-likeness (QED) is 0.264. The number of rotatable bonds is 9. The summed E-state index contributed by atoms with van der Waals surface area (Å²) in [5.41, 5.74) is 1.14. The number of alkyl halides is 3. The highest BCUT2D eigenvalue weighted by Crippen LogP contribution is 2.35. The second-order valence-electron chi connectivity index (χ2n) is 10.4. The van der Waals surface area contributed by atoms with E-state index in [1.807, 2.05) is 11.8 Å². The number of ether oxygens (including phenoxy) is 1. The largest absolute Gasteiger partial charge is 0.439 e. The number of likely N-dealkylation sites (N-methyl/N-ethyl adjacent to an activating group) is 1. The molecule has 4 aromatic rings. The fraction of sp³-hybridized carbons (Fsp3) is 0.333. The van der Waals surface area contributed by atoms with Gasteiger partial charge in [-0.3, -0.25) is 14.4 Å². The summed E-state index contributed by atoms with van der Waals surface area (Å²) in [6, 6.07) is 10.3. The molecule has 2 aromatic heterocycles. The molecule has 13 heteroatoms. The topological polar surface area (TPSA) is 100 Å². The minimum absolute atomic E-state index is 0.0573. The molecule has 43 heavy (non-hydrogen) atoms. The molecule has 5 rings (SSSR count). The third-order valence-corrected chi connectivity index (χ3v) is 7.24. The Morgan fingerprint density at radius 3 is 2.49 bits per heavy atom. The number of carbonyl (C=O) groups is 1. The first-order chi connectivity index (χ1) is 20.6. The molecule has 3 heterocycles. The molecule has 0 saturated carbocycles. The van der Waals surface area contributed by atoms with Gasteiger partial charge in [0.2, 0.25) is 11.8 Å². The van der Waals surface area contributed by atoms with Gasteiger partial charge in [-0.25, -0.2) is 4.98 Å². The zero-order valence-corrected chi connectivity index (χ0v) is 24.1. The van der Waals surface area contributed by atoms with Gasteiger partial charge in [-0.05, 0) is 48.9 Å². The monoisotopic (exact) mass is 594 g/mol. The van der Waals surface area contributed by atoms with Crippen molar-refractivity contribution in [2.24, 2.45) is 7.05 Å². The highest BCUT2D eigenvalue weighted by atomic mass is 19.4. The van der Waals surface area contributed by atoms with Gasteiger partial charge in [0.25, 0.3) is 5.91 Å². The summed E-state index contributed by atoms with van der Waals surface area (Å²) in [4.78, 5) is 25.9. The predicted molar refractivity (Wildman–Crippen MR) is 157 cm³/mol. The Bertz CT molecular complexity index is 1580. The first-order valence-corrected chi connectivity index (χ1v) is 13.9. The Morgan fingerprint density at radius 2 is 1.79 bits per heavy atom. The maximum Gasteiger partial charge on any atom is 0.416 e. The third kappa shape index (κ3) is 7.67. The average Bonchev–Trinajstić information content (AvgIpc) is 3.39. The third-order valence-electron chi connectivity index (χ3n) is 7.24. The average molecular weight is 595 g/mol. The number of piperazine rings is 1. The molecule has 0 spiro atoms. The molecule has 1 saturated heterocycles. The second-order valence-corrected chi connectivity index (χ2v) is 10.4. The molecule has 1 fully saturated rings. The van der Waals surface area contributed by atoms with E-state index in [4.69, 9.17) is 4.74 Å². The van der Waals surface area contributed by atoms with Crippen LogP contribution in [0.2, 0.25) is 0 Å². The Kier molecular flexibility index (Phi) is 8.92. The van der Waals surface area contributed by atoms with Crippen LogP contribution in [0.15, 0.2) is 61.1 Å². The lowest BCUT2D eigenvalue weighted by atomic mass is 10.0. The van der Waals surface area contributed by atoms with Crippen molar-refractivity contribution >= 4 is 23.2 Å². The van der Waals surface area contributed by atoms with Crippen molar-refractivity contribution in [3.8, 4) is 11.6 Å². The summed E-state index contributed by atoms with van der Waals surface area (Å²) in [5.74, 6) is 0.337. The fourth-order valence-electron chi connectivity index (χ4n) is 4.80. The molecule has 1 aliphatic heterocycles. The van der Waals surface area contributed by atoms with Crippen molar-refractivity contribution in [3.05, 3.63) is 83.3 Å². The van der Waals surface area contributed by atoms with Gasteiger partial charge in [-0.2, -0.15) is 23.3 Å². The molecule has 0 bridgehead atoms. The van der Waals surface area contributed by atoms with Crippen LogP contribution in [0.1, 0.15) is 34.0 Å². The van der Waals surface area contributed by atoms with Crippen LogP contribution in [0.3, 0.4) is 0 Å². The maximum absolute atomic E-state index is 14.0. The molecule has 0 radical (unpaired) electrons. The lowest BCUT2D eigenvalue weighted by Gasteiger charge is -2.34. The minimum atomic E-state index is -4.56. The number of nitrogens with zero attached hydrogens (tertiary/aromatic N) is 6. The number of hydrogen-bond donors (Lipinski definition) is 2. The minimum Gasteiger partial charge on any atom is -0.439 e. The van der Waals surface area contributed by atoms with Crippen LogP contribution in [0.4, 0.5) is 30.5 Å². The molecule has 226 valence electrons. The van der Waals surface area contributed by atoms with Gasteiger partial charge in [0, 0.05) is 69.5 Å². The van der Waals surface area contributed by atoms with E-state index in [9.17, 15) is 18.0 Å². The molecular weight excluding hydrogens is 561 g/mol. The van der Waals surface area contributed by atoms with E-state index in [1.165, 1.54) is 24.4 Å². The predicted octanol–water partition coefficient (Wildman–Crippen LogP) is 5.46. The molecule has 1 aliphatic rings. The molecule has 1 amide bonds. The van der Waals surface area contributed by atoms with Crippen LogP contribution >= 0.6 is 0 Å². The molecule has 10 nitrogen and oxygen atoms in total. The standard InChI is InChI=1S/C30H33F3N8O2/c1-4-40-11-13-41(14-12-40)18-22-7-8-23(16-25(22)30(31,32)33)36-28(42)21-6-5-20(2)26(15-21)43-27-9-10-34-29(38-27)37-24-17-35-39(3)19-24/h5-10,15-17,19H,4,11-14,18H2,1-3H3,(H,36,42)(H,34,37,38). The van der Waals surface area contributed by atoms with E-state index in [1.54, 1.807) is 42.3 Å². The summed E-state index contributed by atoms with van der Waals surface area (Å²) >= 11 is 0. The van der Waals surface area contributed by atoms with Gasteiger partial charge >= 0.3 is 6.18 Å². The zero-order valence-electron chi connectivity index (χ0n) is 24.1. The van der Waals surface area contributed by atoms with Gasteiger partial charge in [-0.1, -0.05) is 19.1 Å². The van der Waals surface area contributed by atoms with Gasteiger partial charge in [0.1, 0.15) is 5.75 Å². The molecule has 0 atom stereocenters. The summed E-state index contributed by atoms with van der Waals surface area (Å²) in [7, 11) is 1.79. The molecule has 2 aromatic carbocycles. The van der Waals surface area contributed by atoms with E-state index < -0.39 is 17.6 Å². The van der Waals surface area contributed by atoms with Gasteiger partial charge in [-0.15, -0.1) is 0 Å². The van der Waals surface area contributed by atoms with Crippen LogP contribution in [0, 0.1) is 6.92 Å². The number of benzene rings is 2. The number of aromatic nitrogens is 4. The van der Waals surface area contributed by atoms with Crippen molar-refractivity contribution in [1.29, 1.82) is 0 Å². The van der Waals surface area contributed by atoms with Crippen LogP contribution in [0.5, 0.6) is 11.6 Å². The van der Waals surface area contributed by atoms with E-state index in [-0.39, 0.29) is 29.2 Å². The lowest BCUT2D eigenvalue weighted by Crippen LogP contribution is -2.45. The smallest absolute Gasteiger partial charge is 0.416 e. The zero-order chi connectivity index (χ0) is 30.6. The van der Waals surface area contributed by atoms with Crippen LogP contribution < -0.4 is 15.4 Å². The number of amides is 1. The Hall–Kier alpha value is -4.49. The second kappa shape index (κ2) is 12.8. The number of nitrogens with one attached hydrogen (secondary N) is 2. The molecule has 0 aliphatic carbocycles. The SMILES string of the molecule is CCN1CCN(Cc2ccc(NC(=O)c3ccc(C)c(Oc4ccnc(Nc5cnn(C)c5)n4)c3)cc2C(F)(F)F)CC1. The van der Waals surface area contributed by atoms with E-state index in [2.05, 4.69) is 37.5 Å². The molecule has 2 N–H and O–H groups in total. The molecule has 0 unspecified atom stereocenters. The summed E-state index contributed by atoms with van der Waals surface area (Å²) in [6.45, 7) is 8.08. The highest BCUT2D eigenvalue weighted by Gasteiger charge is 2.34. The Balaban J connectivity index is 1.29. The van der Waals surface area contributed by atoms with Crippen LogP contribution in [-0.4, -0.2) is 68.2 Å². The van der Waals surface area contributed by atoms with Crippen molar-refractivity contribution in [2.45, 2.75) is 26.6 Å². The highest BCUT2D eigenvalue weighted by molar-refractivity contribution is 6.04. The van der Waals surface area contributed by atoms with E-state index >= 15 is 0 Å². The van der Waals surface area contributed by atoms with Gasteiger partial charge < -0.3 is 20.3 Å². The summed E-state index contributed by atoms with van der Waals surface area (Å²) in [5, 5.41) is 9.73. The number of anilines is 3. The Labute approximate surface area is 247 Å². The molecular formula is C30H33F3N8O2. The van der Waals surface area contributed by atoms with Gasteiger partial charge in [0.15, 0.2) is 0 Å². The van der Waals surface area contributed by atoms with Gasteiger partial charge in [0.05, 0.1) is 17.4 Å². The fourth-order valence-corrected chi connectivity index (χ4v) is 4.80. The van der Waals surface area contributed by atoms with Crippen molar-refractivity contribution in [1.82, 2.24) is 29.5 Å². The number of carbonyl (C=O) groups excluding carboxylic acids is 1. The van der Waals surface area contributed by atoms with Crippen LogP contribution in [-0.2, 0) is 19.8 Å². The first kappa shape index (κ1) is 30.0. The Morgan fingerprint density at radius 1 is 1.02 bits per heavy atom. The summed E-state index contributed by atoms with van der Waals surface area (Å²) < 4.78 is 49.7. The van der Waals surface area contributed by atoms with Crippen molar-refractivity contribution < 1.29 is 22.7 Å². The number of halogens is 3. The maximum atomic E-state index is 14.0. The first-order valence-electron chi connectivity index (χ1n) is 13.9. The number of hydrogen-bond acceptors (Lipinski definition) is 8. The van der Waals surface area contributed by atoms with Crippen molar-refractivity contribution in [2.75, 3.05) is 43.4 Å². The lowest BCUT2D eigenvalue weighted by molar-refractivity contribution is -0.138. The van der Waals surface area contributed by atoms with Crippen LogP contribution in [0.25, 0.3) is 0 Å². The number of aryl methyl sites for hydroxylation is 2. The normalized spacial score (nSPS) is 14.5.